The second-order valence-corrected chi connectivity index (χ2v) is 53.3. The lowest BCUT2D eigenvalue weighted by molar-refractivity contribution is -0.153. The van der Waals surface area contributed by atoms with Crippen LogP contribution in [0, 0.1) is 141 Å². The molecule has 0 saturated carbocycles. The summed E-state index contributed by atoms with van der Waals surface area (Å²) in [7, 11) is 0. The van der Waals surface area contributed by atoms with Crippen LogP contribution in [0.4, 0.5) is 11.4 Å². The molecule has 0 aliphatic carbocycles. The van der Waals surface area contributed by atoms with Crippen LogP contribution in [0.2, 0.25) is 0 Å². The fraction of sp³-hybridized carbons (Fsp3) is 0.779. The Morgan fingerprint density at radius 3 is 0.822 bits per heavy atom. The van der Waals surface area contributed by atoms with Crippen molar-refractivity contribution in [1.82, 2.24) is 29.4 Å². The third-order valence-electron chi connectivity index (χ3n) is 27.5. The monoisotopic (exact) mass is 1800 g/mol. The van der Waals surface area contributed by atoms with Crippen molar-refractivity contribution in [3.05, 3.63) is 23.8 Å². The van der Waals surface area contributed by atoms with Gasteiger partial charge in [0.25, 0.3) is 0 Å². The van der Waals surface area contributed by atoms with Gasteiger partial charge in [-0.3, -0.25) is 101 Å². The summed E-state index contributed by atoms with van der Waals surface area (Å²) in [5.41, 5.74) is -6.46. The van der Waals surface area contributed by atoms with Gasteiger partial charge in [-0.15, -0.1) is 0 Å². The lowest BCUT2D eigenvalue weighted by Crippen LogP contribution is -2.61. The molecular weight excluding hydrogens is 1630 g/mol. The van der Waals surface area contributed by atoms with E-state index in [0.29, 0.717) is 0 Å². The van der Waals surface area contributed by atoms with Crippen molar-refractivity contribution in [2.75, 3.05) is 49.1 Å². The van der Waals surface area contributed by atoms with E-state index in [-0.39, 0.29) is 200 Å². The third-order valence-corrected chi connectivity index (χ3v) is 27.5. The minimum absolute atomic E-state index is 0.0162. The summed E-state index contributed by atoms with van der Waals surface area (Å²) in [6.07, 6.45) is 0.417. The molecule has 0 spiro atoms. The summed E-state index contributed by atoms with van der Waals surface area (Å²) in [6, 6.07) is 3.26. The van der Waals surface area contributed by atoms with E-state index in [4.69, 9.17) is 0 Å². The number of nitrogens with zero attached hydrogens (tertiary/aromatic N) is 8. The molecule has 13 atom stereocenters. The number of carbonyl (C=O) groups is 17. The van der Waals surface area contributed by atoms with Crippen molar-refractivity contribution in [2.24, 2.45) is 141 Å². The first-order chi connectivity index (χ1) is 57.5. The van der Waals surface area contributed by atoms with Crippen molar-refractivity contribution < 1.29 is 81.5 Å². The Kier molecular flexibility index (Phi) is 31.6. The number of amides is 14. The van der Waals surface area contributed by atoms with Gasteiger partial charge in [0.15, 0.2) is 5.78 Å². The van der Waals surface area contributed by atoms with E-state index in [1.165, 1.54) is 34.3 Å². The quantitative estimate of drug-likeness (QED) is 0.103. The van der Waals surface area contributed by atoms with E-state index in [1.54, 1.807) is 64.6 Å². The maximum Gasteiger partial charge on any atom is 0.238 e. The van der Waals surface area contributed by atoms with Crippen LogP contribution in [-0.4, -0.2) is 181 Å². The molecular formula is C104H166N8O17. The van der Waals surface area contributed by atoms with Crippen molar-refractivity contribution >= 4 is 111 Å². The zero-order chi connectivity index (χ0) is 100. The highest BCUT2D eigenvalue weighted by Gasteiger charge is 2.65. The van der Waals surface area contributed by atoms with E-state index < -0.39 is 148 Å². The topological polar surface area (TPSA) is 316 Å². The normalized spacial score (nSPS) is 25.6. The second kappa shape index (κ2) is 37.1. The van der Waals surface area contributed by atoms with Crippen LogP contribution in [-0.2, 0) is 76.7 Å². The van der Waals surface area contributed by atoms with E-state index in [9.17, 15) is 81.5 Å². The Morgan fingerprint density at radius 2 is 0.566 bits per heavy atom. The molecule has 14 amide bonds. The molecule has 0 aromatic heterocycles. The predicted molar refractivity (Wildman–Crippen MR) is 502 cm³/mol. The number of hydrogen-bond donors (Lipinski definition) is 0. The van der Waals surface area contributed by atoms with Crippen molar-refractivity contribution in [3.63, 3.8) is 0 Å². The Hall–Kier alpha value is -7.99. The number of benzene rings is 1. The van der Waals surface area contributed by atoms with Gasteiger partial charge in [-0.2, -0.15) is 0 Å². The number of imide groups is 6. The van der Waals surface area contributed by atoms with Gasteiger partial charge in [-0.25, -0.2) is 9.80 Å². The molecule has 25 heteroatoms. The van der Waals surface area contributed by atoms with E-state index >= 15 is 0 Å². The molecule has 0 N–H and O–H groups in total. The van der Waals surface area contributed by atoms with Crippen LogP contribution in [0.1, 0.15) is 340 Å². The molecule has 8 rings (SSSR count). The van der Waals surface area contributed by atoms with Crippen LogP contribution in [0.5, 0.6) is 0 Å². The predicted octanol–water partition coefficient (Wildman–Crippen LogP) is 17.4. The number of likely N-dealkylation sites (tertiary alicyclic amines) is 5. The summed E-state index contributed by atoms with van der Waals surface area (Å²) in [5, 5.41) is 0. The number of Topliss-reactive ketones (excluding diaryl/α,β-unsaturated/α-hetero) is 3. The summed E-state index contributed by atoms with van der Waals surface area (Å²) in [6.45, 7) is 81.2. The molecule has 0 bridgehead atoms. The highest BCUT2D eigenvalue weighted by Crippen LogP contribution is 2.56. The van der Waals surface area contributed by atoms with Gasteiger partial charge in [0.1, 0.15) is 11.6 Å². The summed E-state index contributed by atoms with van der Waals surface area (Å²) < 4.78 is 0. The summed E-state index contributed by atoms with van der Waals surface area (Å²) in [5.74, 6) is -10.3. The third kappa shape index (κ3) is 24.0. The first-order valence-electron chi connectivity index (χ1n) is 47.0. The fourth-order valence-corrected chi connectivity index (χ4v) is 20.6. The molecule has 7 aliphatic rings. The molecule has 0 radical (unpaired) electrons. The molecule has 25 nitrogen and oxygen atoms in total. The standard InChI is InChI=1S/C37H61N3O6.C35H52N2O5.C32H53N3O6/c1-33(2,3)23(41)16-17-24(42)38-19-21(39-29(43)25(34(4,5)6)26(30(39)44)35(7,8)9)18-22(20-38)40-31(45)27(36(10,11)12)28(32(40)46)37(13,14)15;1-31(2,3)22-23(32(4,5)6)28(40)36(27(22)39)20-16-19(26(38)35(13,14)15)17-21(18-20)37-29(41)24(33(7,8)9)25(30(37)42)34(10,11)12;1-29(2,3)20-19-23(38)34(26(20)39)17-15-33(22(37)14-13-21(36)30(4,5)6)16-18-35-27(40)24(31(7,8)9)25(28(35)41)32(10,11)12/h21-22,25-28H,16-20H2,1-15H3;16-18,22-25H,1-15H3;20,24-25H,13-19H2,1-12H3/t21-,22+,25?,26?,27?,28?;;. The minimum Gasteiger partial charge on any atom is -0.339 e. The first kappa shape index (κ1) is 110. The SMILES string of the molecule is CC(C)(C)C(=O)CCC(=O)N(CCN1C(=O)CC(C(C)(C)C)C1=O)CCN1C(=O)C(C(C)(C)C)C(C(C)(C)C)C1=O.CC(C)(C)C(=O)CCC(=O)N1C[C@H](N2C(=O)C(C(C)(C)C)C(C(C)(C)C)C2=O)C[C@H](N2C(=O)C(C(C)(C)C)C(C(C)(C)C)C2=O)C1.CC(C)(C)C(=O)c1cc(N2C(=O)C(C(C)(C)C)C(C(C)(C)C)C2=O)cc(N2C(=O)C(C(C)(C)C)C(C(C)(C)C)C2=O)c1. The van der Waals surface area contributed by atoms with Crippen LogP contribution >= 0.6 is 0 Å². The van der Waals surface area contributed by atoms with Crippen LogP contribution < -0.4 is 9.80 Å². The first-order valence-corrected chi connectivity index (χ1v) is 47.0. The highest BCUT2D eigenvalue weighted by atomic mass is 16.2. The van der Waals surface area contributed by atoms with Gasteiger partial charge < -0.3 is 9.80 Å². The summed E-state index contributed by atoms with van der Waals surface area (Å²) in [4.78, 5) is 243. The molecule has 129 heavy (non-hydrogen) atoms. The number of anilines is 2. The molecule has 7 fully saturated rings. The molecule has 7 heterocycles. The molecule has 724 valence electrons. The van der Waals surface area contributed by atoms with Gasteiger partial charge in [0, 0.05) is 93.2 Å². The maximum atomic E-state index is 14.3. The number of ketones is 3. The highest BCUT2D eigenvalue weighted by molar-refractivity contribution is 6.26. The number of carbonyl (C=O) groups excluding carboxylic acids is 17. The Balaban J connectivity index is 0.000000299. The average Bonchev–Trinajstić information content (AvgIpc) is 1.57. The maximum absolute atomic E-state index is 14.3. The molecule has 7 aliphatic heterocycles. The van der Waals surface area contributed by atoms with Gasteiger partial charge in [0.05, 0.1) is 88.6 Å². The van der Waals surface area contributed by atoms with Crippen molar-refractivity contribution in [1.29, 1.82) is 0 Å². The van der Waals surface area contributed by atoms with Crippen LogP contribution in [0.15, 0.2) is 18.2 Å². The minimum atomic E-state index is -0.780. The number of hydrogen-bond acceptors (Lipinski definition) is 17. The van der Waals surface area contributed by atoms with Gasteiger partial charge in [-0.1, -0.05) is 291 Å². The molecule has 11 unspecified atom stereocenters. The van der Waals surface area contributed by atoms with E-state index in [2.05, 4.69) is 0 Å². The Morgan fingerprint density at radius 1 is 0.302 bits per heavy atom. The number of rotatable bonds is 17. The van der Waals surface area contributed by atoms with Crippen molar-refractivity contribution in [2.45, 2.75) is 341 Å². The second-order valence-electron chi connectivity index (χ2n) is 53.3. The van der Waals surface area contributed by atoms with Gasteiger partial charge >= 0.3 is 0 Å². The molecule has 1 aromatic rings. The zero-order valence-electron chi connectivity index (χ0n) is 87.2. The number of piperidine rings is 1. The van der Waals surface area contributed by atoms with Gasteiger partial charge in [-0.05, 0) is 84.2 Å². The zero-order valence-corrected chi connectivity index (χ0v) is 87.2. The largest absolute Gasteiger partial charge is 0.339 e. The van der Waals surface area contributed by atoms with Crippen molar-refractivity contribution in [3.8, 4) is 0 Å². The smallest absolute Gasteiger partial charge is 0.238 e. The van der Waals surface area contributed by atoms with Crippen LogP contribution in [0.25, 0.3) is 0 Å². The summed E-state index contributed by atoms with van der Waals surface area (Å²) >= 11 is 0. The van der Waals surface area contributed by atoms with E-state index in [0.717, 1.165) is 0 Å². The lowest BCUT2D eigenvalue weighted by Gasteiger charge is -2.43. The fourth-order valence-electron chi connectivity index (χ4n) is 20.6. The van der Waals surface area contributed by atoms with Gasteiger partial charge in [0.2, 0.25) is 82.7 Å². The lowest BCUT2D eigenvalue weighted by atomic mass is 9.65. The molecule has 1 aromatic carbocycles. The Bertz CT molecular complexity index is 4240. The average molecular weight is 1800 g/mol. The van der Waals surface area contributed by atoms with E-state index in [1.807, 2.05) is 249 Å². The Labute approximate surface area is 773 Å². The molecule has 7 saturated heterocycles. The van der Waals surface area contributed by atoms with Crippen LogP contribution in [0.3, 0.4) is 0 Å².